The summed E-state index contributed by atoms with van der Waals surface area (Å²) in [5.41, 5.74) is 3.45. The summed E-state index contributed by atoms with van der Waals surface area (Å²) in [6.45, 7) is 5.16. The number of likely N-dealkylation sites (tertiary alicyclic amines) is 1. The van der Waals surface area contributed by atoms with Gasteiger partial charge in [0.1, 0.15) is 0 Å². The summed E-state index contributed by atoms with van der Waals surface area (Å²) in [4.78, 5) is 18.1. The number of nitrogens with zero attached hydrogens (tertiary/aromatic N) is 2. The summed E-state index contributed by atoms with van der Waals surface area (Å²) in [6, 6.07) is 10.0. The number of carbonyl (C=O) groups is 1. The van der Waals surface area contributed by atoms with Crippen LogP contribution < -0.4 is 11.3 Å². The van der Waals surface area contributed by atoms with E-state index >= 15 is 0 Å². The Morgan fingerprint density at radius 3 is 2.84 bits per heavy atom. The minimum atomic E-state index is -0.227. The van der Waals surface area contributed by atoms with Crippen molar-refractivity contribution in [3.8, 4) is 0 Å². The van der Waals surface area contributed by atoms with Crippen molar-refractivity contribution in [2.45, 2.75) is 31.5 Å². The fraction of sp³-hybridized carbons (Fsp3) is 0.429. The summed E-state index contributed by atoms with van der Waals surface area (Å²) in [5.74, 6) is 5.12. The number of aliphatic imine (C=N–C) groups is 1. The lowest BCUT2D eigenvalue weighted by Crippen LogP contribution is -2.53. The molecule has 19 heavy (non-hydrogen) atoms. The number of hydrogen-bond acceptors (Lipinski definition) is 4. The van der Waals surface area contributed by atoms with Crippen LogP contribution in [0.25, 0.3) is 0 Å². The van der Waals surface area contributed by atoms with Crippen molar-refractivity contribution in [3.05, 3.63) is 35.9 Å². The molecule has 2 atom stereocenters. The van der Waals surface area contributed by atoms with Gasteiger partial charge >= 0.3 is 0 Å². The second-order valence-electron chi connectivity index (χ2n) is 4.84. The van der Waals surface area contributed by atoms with Crippen molar-refractivity contribution in [2.75, 3.05) is 6.54 Å². The summed E-state index contributed by atoms with van der Waals surface area (Å²) in [6.07, 6.45) is 1.62. The molecule has 1 aromatic rings. The van der Waals surface area contributed by atoms with Crippen LogP contribution in [0.5, 0.6) is 0 Å². The molecule has 1 amide bonds. The molecule has 1 fully saturated rings. The standard InChI is InChI=1S/C14H20N4O/c1-16-12-7-8-18(13(9-12)14(19)17-15)10-11-5-3-2-4-6-11/h2-6,12-13H,1,7-10,15H2,(H,17,19). The maximum absolute atomic E-state index is 11.9. The predicted molar refractivity (Wildman–Crippen MR) is 75.5 cm³/mol. The van der Waals surface area contributed by atoms with Gasteiger partial charge in [-0.05, 0) is 25.1 Å². The number of hydrogen-bond donors (Lipinski definition) is 2. The molecule has 0 aliphatic carbocycles. The van der Waals surface area contributed by atoms with E-state index in [0.717, 1.165) is 19.5 Å². The van der Waals surface area contributed by atoms with E-state index < -0.39 is 0 Å². The third kappa shape index (κ3) is 3.39. The van der Waals surface area contributed by atoms with E-state index in [1.165, 1.54) is 5.56 Å². The molecular formula is C14H20N4O. The van der Waals surface area contributed by atoms with E-state index in [4.69, 9.17) is 5.84 Å². The zero-order chi connectivity index (χ0) is 13.7. The third-order valence-corrected chi connectivity index (χ3v) is 3.62. The van der Waals surface area contributed by atoms with Crippen LogP contribution in [0.1, 0.15) is 18.4 Å². The minimum absolute atomic E-state index is 0.148. The average molecular weight is 260 g/mol. The molecule has 0 saturated carbocycles. The number of benzene rings is 1. The van der Waals surface area contributed by atoms with Crippen LogP contribution in [0.15, 0.2) is 35.3 Å². The van der Waals surface area contributed by atoms with Crippen LogP contribution >= 0.6 is 0 Å². The summed E-state index contributed by atoms with van der Waals surface area (Å²) >= 11 is 0. The number of piperidine rings is 1. The first kappa shape index (κ1) is 13.7. The fourth-order valence-corrected chi connectivity index (χ4v) is 2.54. The van der Waals surface area contributed by atoms with E-state index in [1.54, 1.807) is 0 Å². The molecule has 1 heterocycles. The van der Waals surface area contributed by atoms with Crippen molar-refractivity contribution in [2.24, 2.45) is 10.8 Å². The number of amides is 1. The highest BCUT2D eigenvalue weighted by molar-refractivity contribution is 5.81. The maximum atomic E-state index is 11.9. The van der Waals surface area contributed by atoms with Crippen molar-refractivity contribution < 1.29 is 4.79 Å². The summed E-state index contributed by atoms with van der Waals surface area (Å²) in [7, 11) is 0. The highest BCUT2D eigenvalue weighted by atomic mass is 16.2. The van der Waals surface area contributed by atoms with Gasteiger partial charge in [-0.1, -0.05) is 30.3 Å². The van der Waals surface area contributed by atoms with E-state index in [1.807, 2.05) is 18.2 Å². The van der Waals surface area contributed by atoms with Crippen molar-refractivity contribution in [3.63, 3.8) is 0 Å². The van der Waals surface area contributed by atoms with Gasteiger partial charge in [-0.3, -0.25) is 20.1 Å². The molecule has 0 radical (unpaired) electrons. The van der Waals surface area contributed by atoms with E-state index in [-0.39, 0.29) is 18.0 Å². The van der Waals surface area contributed by atoms with Gasteiger partial charge in [0.25, 0.3) is 5.91 Å². The fourth-order valence-electron chi connectivity index (χ4n) is 2.54. The lowest BCUT2D eigenvalue weighted by molar-refractivity contribution is -0.128. The molecule has 2 rings (SSSR count). The van der Waals surface area contributed by atoms with Crippen LogP contribution in [0.4, 0.5) is 0 Å². The second kappa shape index (κ2) is 6.45. The zero-order valence-corrected chi connectivity index (χ0v) is 11.0. The van der Waals surface area contributed by atoms with Gasteiger partial charge in [0.05, 0.1) is 12.1 Å². The van der Waals surface area contributed by atoms with Crippen LogP contribution in [-0.2, 0) is 11.3 Å². The number of carbonyl (C=O) groups excluding carboxylic acids is 1. The molecular weight excluding hydrogens is 240 g/mol. The maximum Gasteiger partial charge on any atom is 0.251 e. The molecule has 2 unspecified atom stereocenters. The van der Waals surface area contributed by atoms with Gasteiger partial charge in [0.15, 0.2) is 0 Å². The van der Waals surface area contributed by atoms with Crippen LogP contribution in [0.2, 0.25) is 0 Å². The Labute approximate surface area is 113 Å². The van der Waals surface area contributed by atoms with Crippen LogP contribution in [0.3, 0.4) is 0 Å². The van der Waals surface area contributed by atoms with Crippen LogP contribution in [0, 0.1) is 0 Å². The Kier molecular flexibility index (Phi) is 4.65. The molecule has 1 aliphatic rings. The topological polar surface area (TPSA) is 70.7 Å². The molecule has 1 saturated heterocycles. The quantitative estimate of drug-likeness (QED) is 0.362. The largest absolute Gasteiger partial charge is 0.297 e. The lowest BCUT2D eigenvalue weighted by Gasteiger charge is -2.36. The van der Waals surface area contributed by atoms with Gasteiger partial charge in [-0.15, -0.1) is 0 Å². The molecule has 1 aromatic carbocycles. The zero-order valence-electron chi connectivity index (χ0n) is 11.0. The smallest absolute Gasteiger partial charge is 0.251 e. The first-order valence-corrected chi connectivity index (χ1v) is 6.49. The molecule has 3 N–H and O–H groups in total. The van der Waals surface area contributed by atoms with E-state index in [2.05, 4.69) is 34.2 Å². The number of hydrazine groups is 1. The van der Waals surface area contributed by atoms with E-state index in [9.17, 15) is 4.79 Å². The monoisotopic (exact) mass is 260 g/mol. The average Bonchev–Trinajstić information content (AvgIpc) is 2.48. The first-order valence-electron chi connectivity index (χ1n) is 6.49. The highest BCUT2D eigenvalue weighted by Gasteiger charge is 2.32. The van der Waals surface area contributed by atoms with Crippen molar-refractivity contribution in [1.29, 1.82) is 0 Å². The number of rotatable bonds is 4. The summed E-state index contributed by atoms with van der Waals surface area (Å²) < 4.78 is 0. The molecule has 0 spiro atoms. The van der Waals surface area contributed by atoms with Crippen molar-refractivity contribution in [1.82, 2.24) is 10.3 Å². The van der Waals surface area contributed by atoms with Gasteiger partial charge in [0, 0.05) is 13.1 Å². The van der Waals surface area contributed by atoms with Gasteiger partial charge in [-0.2, -0.15) is 0 Å². The molecule has 0 bridgehead atoms. The highest BCUT2D eigenvalue weighted by Crippen LogP contribution is 2.22. The molecule has 5 heteroatoms. The number of nitrogens with one attached hydrogen (secondary N) is 1. The Hall–Kier alpha value is -1.72. The SMILES string of the molecule is C=NC1CCN(Cc2ccccc2)C(C(=O)NN)C1. The molecule has 0 aromatic heterocycles. The Balaban J connectivity index is 2.08. The van der Waals surface area contributed by atoms with Gasteiger partial charge < -0.3 is 0 Å². The third-order valence-electron chi connectivity index (χ3n) is 3.62. The predicted octanol–water partition coefficient (Wildman–Crippen LogP) is 0.710. The second-order valence-corrected chi connectivity index (χ2v) is 4.84. The Bertz CT molecular complexity index is 434. The van der Waals surface area contributed by atoms with E-state index in [0.29, 0.717) is 6.42 Å². The lowest BCUT2D eigenvalue weighted by atomic mass is 9.96. The Morgan fingerprint density at radius 1 is 1.47 bits per heavy atom. The number of nitrogens with two attached hydrogens (primary N) is 1. The minimum Gasteiger partial charge on any atom is -0.297 e. The molecule has 1 aliphatic heterocycles. The van der Waals surface area contributed by atoms with Gasteiger partial charge in [0.2, 0.25) is 0 Å². The van der Waals surface area contributed by atoms with Gasteiger partial charge in [-0.25, -0.2) is 5.84 Å². The first-order chi connectivity index (χ1) is 9.24. The Morgan fingerprint density at radius 2 is 2.21 bits per heavy atom. The molecule has 5 nitrogen and oxygen atoms in total. The normalized spacial score (nSPS) is 23.8. The molecule has 102 valence electrons. The van der Waals surface area contributed by atoms with Crippen molar-refractivity contribution >= 4 is 12.6 Å². The summed E-state index contributed by atoms with van der Waals surface area (Å²) in [5, 5.41) is 0. The van der Waals surface area contributed by atoms with Crippen LogP contribution in [-0.4, -0.2) is 36.2 Å².